The minimum absolute atomic E-state index is 0. The SMILES string of the molecule is O=C(O)CN1CCN(CC(=O)O)CCN(CC(=O)N(CC(=O)O)c2ccc(-c3ccccc3)cc2)CCN(CC(=O)O)CC1.[Gd].[NaH]. The fourth-order valence-electron chi connectivity index (χ4n) is 4.98. The average molecular weight is 795 g/mol. The Kier molecular flexibility index (Phi) is 19.9. The van der Waals surface area contributed by atoms with Gasteiger partial charge in [0.1, 0.15) is 6.54 Å². The molecule has 0 bridgehead atoms. The summed E-state index contributed by atoms with van der Waals surface area (Å²) in [5.41, 5.74) is 2.28. The zero-order chi connectivity index (χ0) is 32.1. The number of aliphatic carboxylic acids is 4. The van der Waals surface area contributed by atoms with Crippen molar-refractivity contribution in [1.29, 1.82) is 0 Å². The van der Waals surface area contributed by atoms with Gasteiger partial charge in [0.05, 0.1) is 26.2 Å². The zero-order valence-corrected chi connectivity index (χ0v) is 27.1. The normalized spacial score (nSPS) is 15.7. The number of carbonyl (C=O) groups excluding carboxylic acids is 1. The molecule has 4 N–H and O–H groups in total. The van der Waals surface area contributed by atoms with Crippen LogP contribution in [0.1, 0.15) is 0 Å². The van der Waals surface area contributed by atoms with E-state index in [1.54, 1.807) is 31.7 Å². The maximum absolute atomic E-state index is 13.6. The molecule has 1 aliphatic rings. The van der Waals surface area contributed by atoms with Gasteiger partial charge >= 0.3 is 53.4 Å². The van der Waals surface area contributed by atoms with Crippen LogP contribution < -0.4 is 4.90 Å². The molecule has 46 heavy (non-hydrogen) atoms. The van der Waals surface area contributed by atoms with E-state index < -0.39 is 36.3 Å². The van der Waals surface area contributed by atoms with Crippen molar-refractivity contribution in [2.24, 2.45) is 0 Å². The summed E-state index contributed by atoms with van der Waals surface area (Å²) < 4.78 is 0. The van der Waals surface area contributed by atoms with Crippen molar-refractivity contribution in [2.75, 3.05) is 90.0 Å². The Bertz CT molecular complexity index is 1260. The van der Waals surface area contributed by atoms with Crippen LogP contribution in [0, 0.1) is 39.9 Å². The molecule has 1 aliphatic heterocycles. The van der Waals surface area contributed by atoms with E-state index in [0.717, 1.165) is 11.1 Å². The second kappa shape index (κ2) is 21.8. The van der Waals surface area contributed by atoms with Crippen LogP contribution in [0.25, 0.3) is 11.1 Å². The number of carbonyl (C=O) groups is 5. The van der Waals surface area contributed by atoms with Crippen molar-refractivity contribution in [3.8, 4) is 11.1 Å². The molecule has 0 aliphatic carbocycles. The summed E-state index contributed by atoms with van der Waals surface area (Å²) in [4.78, 5) is 67.6. The number of benzene rings is 2. The summed E-state index contributed by atoms with van der Waals surface area (Å²) in [6.45, 7) is 0.392. The van der Waals surface area contributed by atoms with Gasteiger partial charge in [-0.25, -0.2) is 0 Å². The number of carboxylic acid groups (broad SMARTS) is 4. The van der Waals surface area contributed by atoms with Crippen molar-refractivity contribution >= 4 is 65.0 Å². The second-order valence-corrected chi connectivity index (χ2v) is 10.6. The molecule has 14 nitrogen and oxygen atoms in total. The van der Waals surface area contributed by atoms with Gasteiger partial charge in [-0.2, -0.15) is 0 Å². The number of anilines is 1. The first-order valence-corrected chi connectivity index (χ1v) is 14.2. The van der Waals surface area contributed by atoms with Crippen LogP contribution in [0.3, 0.4) is 0 Å². The molecule has 2 aromatic rings. The Morgan fingerprint density at radius 2 is 0.870 bits per heavy atom. The van der Waals surface area contributed by atoms with Gasteiger partial charge in [0.15, 0.2) is 0 Å². The van der Waals surface area contributed by atoms with Crippen LogP contribution in [-0.4, -0.2) is 184 Å². The van der Waals surface area contributed by atoms with Crippen LogP contribution in [0.2, 0.25) is 0 Å². The van der Waals surface area contributed by atoms with Crippen molar-refractivity contribution in [3.05, 3.63) is 54.6 Å². The fraction of sp³-hybridized carbons (Fsp3) is 0.433. The molecular formula is C30H40GdN5NaO9. The first kappa shape index (κ1) is 42.0. The maximum atomic E-state index is 13.6. The molecule has 1 heterocycles. The van der Waals surface area contributed by atoms with Gasteiger partial charge in [-0.3, -0.25) is 43.6 Å². The third kappa shape index (κ3) is 15.2. The minimum atomic E-state index is -1.19. The van der Waals surface area contributed by atoms with E-state index in [1.165, 1.54) is 4.90 Å². The molecule has 1 amide bonds. The monoisotopic (exact) mass is 795 g/mol. The molecule has 2 aromatic carbocycles. The summed E-state index contributed by atoms with van der Waals surface area (Å²) in [5, 5.41) is 37.7. The molecule has 16 heteroatoms. The predicted molar refractivity (Wildman–Crippen MR) is 168 cm³/mol. The molecule has 0 atom stereocenters. The van der Waals surface area contributed by atoms with Crippen molar-refractivity contribution in [3.63, 3.8) is 0 Å². The first-order valence-electron chi connectivity index (χ1n) is 14.2. The molecular weight excluding hydrogens is 755 g/mol. The average Bonchev–Trinajstić information content (AvgIpc) is 2.97. The standard InChI is InChI=1S/C30H39N5O9.Gd.Na.H/c36-26(35(22-30(43)44)25-8-6-24(7-9-25)23-4-2-1-3-5-23)18-31-10-12-32(19-27(37)38)14-16-34(21-29(41)42)17-15-33(13-11-31)20-28(39)40;;;/h1-9H,10-22H2,(H,37,38)(H,39,40)(H,41,42)(H,43,44);;;. The Hall–Kier alpha value is -2.05. The summed E-state index contributed by atoms with van der Waals surface area (Å²) in [6.07, 6.45) is 0. The number of nitrogens with zero attached hydrogens (tertiary/aromatic N) is 5. The zero-order valence-electron chi connectivity index (χ0n) is 24.8. The van der Waals surface area contributed by atoms with E-state index >= 15 is 0 Å². The second-order valence-electron chi connectivity index (χ2n) is 10.6. The van der Waals surface area contributed by atoms with Gasteiger partial charge in [-0.05, 0) is 23.3 Å². The summed E-state index contributed by atoms with van der Waals surface area (Å²) >= 11 is 0. The van der Waals surface area contributed by atoms with E-state index in [9.17, 15) is 44.4 Å². The Morgan fingerprint density at radius 3 is 1.22 bits per heavy atom. The molecule has 0 aromatic heterocycles. The Balaban J connectivity index is 0.00000529. The van der Waals surface area contributed by atoms with Gasteiger partial charge in [-0.15, -0.1) is 0 Å². The fourth-order valence-corrected chi connectivity index (χ4v) is 4.98. The van der Waals surface area contributed by atoms with E-state index in [4.69, 9.17) is 0 Å². The molecule has 0 unspecified atom stereocenters. The molecule has 1 saturated heterocycles. The Morgan fingerprint density at radius 1 is 0.522 bits per heavy atom. The molecule has 0 saturated carbocycles. The van der Waals surface area contributed by atoms with Gasteiger partial charge in [0.25, 0.3) is 0 Å². The van der Waals surface area contributed by atoms with E-state index in [2.05, 4.69) is 0 Å². The topological polar surface area (TPSA) is 182 Å². The van der Waals surface area contributed by atoms with E-state index in [1.807, 2.05) is 42.5 Å². The summed E-state index contributed by atoms with van der Waals surface area (Å²) in [6, 6.07) is 16.6. The van der Waals surface area contributed by atoms with Crippen LogP contribution >= 0.6 is 0 Å². The Labute approximate surface area is 321 Å². The molecule has 3 rings (SSSR count). The quantitative estimate of drug-likeness (QED) is 0.204. The summed E-state index contributed by atoms with van der Waals surface area (Å²) in [5.74, 6) is -4.82. The van der Waals surface area contributed by atoms with Crippen molar-refractivity contribution in [2.45, 2.75) is 0 Å². The number of rotatable bonds is 12. The predicted octanol–water partition coefficient (Wildman–Crippen LogP) is -0.402. The number of carboxylic acids is 4. The number of amides is 1. The van der Waals surface area contributed by atoms with Crippen molar-refractivity contribution < 1.29 is 84.3 Å². The van der Waals surface area contributed by atoms with E-state index in [0.29, 0.717) is 5.69 Å². The number of hydrogen-bond acceptors (Lipinski definition) is 9. The third-order valence-corrected chi connectivity index (χ3v) is 7.25. The van der Waals surface area contributed by atoms with Gasteiger partial charge in [-0.1, -0.05) is 42.5 Å². The van der Waals surface area contributed by atoms with Crippen LogP contribution in [0.15, 0.2) is 54.6 Å². The number of hydrogen-bond donors (Lipinski definition) is 4. The summed E-state index contributed by atoms with van der Waals surface area (Å²) in [7, 11) is 0. The van der Waals surface area contributed by atoms with Crippen LogP contribution in [0.4, 0.5) is 5.69 Å². The van der Waals surface area contributed by atoms with Crippen LogP contribution in [-0.2, 0) is 24.0 Å². The van der Waals surface area contributed by atoms with Crippen LogP contribution in [0.5, 0.6) is 0 Å². The molecule has 0 radical (unpaired) electrons. The van der Waals surface area contributed by atoms with Gasteiger partial charge in [0.2, 0.25) is 5.91 Å². The van der Waals surface area contributed by atoms with Crippen molar-refractivity contribution in [1.82, 2.24) is 19.6 Å². The first-order chi connectivity index (χ1) is 21.0. The molecule has 0 spiro atoms. The molecule has 248 valence electrons. The van der Waals surface area contributed by atoms with Gasteiger partial charge in [0, 0.05) is 98.0 Å². The molecule has 1 fully saturated rings. The third-order valence-electron chi connectivity index (χ3n) is 7.25. The van der Waals surface area contributed by atoms with E-state index in [-0.39, 0.29) is 148 Å². The van der Waals surface area contributed by atoms with Gasteiger partial charge < -0.3 is 25.3 Å².